The summed E-state index contributed by atoms with van der Waals surface area (Å²) in [4.78, 5) is 18.8. The topological polar surface area (TPSA) is 65.5 Å². The number of carbonyl (C=O) groups excluding carboxylic acids is 1. The lowest BCUT2D eigenvalue weighted by Crippen LogP contribution is -2.59. The fraction of sp³-hybridized carbons (Fsp3) is 0.750. The highest BCUT2D eigenvalue weighted by atomic mass is 32.1. The Morgan fingerprint density at radius 1 is 1.50 bits per heavy atom. The van der Waals surface area contributed by atoms with Crippen molar-refractivity contribution in [1.29, 1.82) is 0 Å². The largest absolute Gasteiger partial charge is 0.379 e. The van der Waals surface area contributed by atoms with Crippen molar-refractivity contribution < 1.29 is 9.90 Å². The minimum Gasteiger partial charge on any atom is -0.379 e. The number of amides is 1. The first-order valence-corrected chi connectivity index (χ1v) is 8.71. The van der Waals surface area contributed by atoms with E-state index in [0.717, 1.165) is 23.7 Å². The van der Waals surface area contributed by atoms with Gasteiger partial charge in [0.1, 0.15) is 0 Å². The van der Waals surface area contributed by atoms with Crippen molar-refractivity contribution in [2.45, 2.75) is 52.7 Å². The number of aryl methyl sites for hydroxylation is 1. The van der Waals surface area contributed by atoms with Crippen molar-refractivity contribution in [2.75, 3.05) is 19.6 Å². The Kier molecular flexibility index (Phi) is 5.25. The summed E-state index contributed by atoms with van der Waals surface area (Å²) in [6, 6.07) is 0. The number of thiazole rings is 1. The first-order valence-electron chi connectivity index (χ1n) is 7.83. The third-order valence-corrected chi connectivity index (χ3v) is 4.58. The van der Waals surface area contributed by atoms with E-state index in [1.54, 1.807) is 16.2 Å². The number of hydrogen-bond acceptors (Lipinski definition) is 5. The number of aromatic nitrogens is 1. The van der Waals surface area contributed by atoms with Gasteiger partial charge in [0, 0.05) is 31.6 Å². The highest BCUT2D eigenvalue weighted by molar-refractivity contribution is 7.09. The Morgan fingerprint density at radius 3 is 2.82 bits per heavy atom. The van der Waals surface area contributed by atoms with Crippen molar-refractivity contribution in [3.63, 3.8) is 0 Å². The number of aliphatic hydroxyl groups is 1. The predicted molar refractivity (Wildman–Crippen MR) is 88.8 cm³/mol. The van der Waals surface area contributed by atoms with Gasteiger partial charge in [-0.15, -0.1) is 11.3 Å². The molecule has 2 heterocycles. The molecular formula is C16H27N3O2S. The first kappa shape index (κ1) is 17.4. The fourth-order valence-corrected chi connectivity index (χ4v) is 3.45. The Bertz CT molecular complexity index is 524. The van der Waals surface area contributed by atoms with Crippen LogP contribution >= 0.6 is 11.3 Å². The van der Waals surface area contributed by atoms with Crippen molar-refractivity contribution in [2.24, 2.45) is 5.41 Å². The van der Waals surface area contributed by atoms with Gasteiger partial charge in [-0.2, -0.15) is 0 Å². The van der Waals surface area contributed by atoms with Gasteiger partial charge < -0.3 is 15.3 Å². The number of hydrogen-bond donors (Lipinski definition) is 2. The summed E-state index contributed by atoms with van der Waals surface area (Å²) >= 11 is 1.61. The molecule has 1 aromatic rings. The lowest BCUT2D eigenvalue weighted by Gasteiger charge is -2.40. The maximum Gasteiger partial charge on any atom is 0.255 e. The molecule has 5 nitrogen and oxygen atoms in total. The molecule has 0 spiro atoms. The van der Waals surface area contributed by atoms with Gasteiger partial charge in [-0.05, 0) is 25.2 Å². The molecule has 0 aromatic carbocycles. The number of piperidine rings is 1. The molecule has 1 aliphatic rings. The average molecular weight is 325 g/mol. The molecule has 124 valence electrons. The number of carbonyl (C=O) groups is 1. The van der Waals surface area contributed by atoms with Crippen LogP contribution in [0, 0.1) is 12.3 Å². The van der Waals surface area contributed by atoms with Crippen LogP contribution in [0.5, 0.6) is 0 Å². The Hall–Kier alpha value is -0.980. The quantitative estimate of drug-likeness (QED) is 0.868. The van der Waals surface area contributed by atoms with Gasteiger partial charge >= 0.3 is 0 Å². The standard InChI is InChI=1S/C16H27N3O2S/c1-12-18-13(9-22-12)8-17-10-16(21)6-5-7-19(14(16)20)11-15(2,3)4/h9,17,21H,5-8,10-11H2,1-4H3. The van der Waals surface area contributed by atoms with E-state index in [1.165, 1.54) is 0 Å². The van der Waals surface area contributed by atoms with Crippen molar-refractivity contribution in [3.8, 4) is 0 Å². The van der Waals surface area contributed by atoms with Crippen LogP contribution in [0.15, 0.2) is 5.38 Å². The molecule has 22 heavy (non-hydrogen) atoms. The van der Waals surface area contributed by atoms with Crippen LogP contribution in [0.25, 0.3) is 0 Å². The van der Waals surface area contributed by atoms with Crippen molar-refractivity contribution in [1.82, 2.24) is 15.2 Å². The van der Waals surface area contributed by atoms with Gasteiger partial charge in [-0.3, -0.25) is 4.79 Å². The number of rotatable bonds is 5. The molecule has 1 unspecified atom stereocenters. The van der Waals surface area contributed by atoms with Crippen molar-refractivity contribution in [3.05, 3.63) is 16.1 Å². The molecule has 1 saturated heterocycles. The van der Waals surface area contributed by atoms with Gasteiger partial charge in [-0.1, -0.05) is 20.8 Å². The zero-order chi connectivity index (χ0) is 16.4. The van der Waals surface area contributed by atoms with Gasteiger partial charge in [0.25, 0.3) is 5.91 Å². The van der Waals surface area contributed by atoms with E-state index in [2.05, 4.69) is 31.1 Å². The number of nitrogens with one attached hydrogen (secondary N) is 1. The molecule has 2 rings (SSSR count). The van der Waals surface area contributed by atoms with E-state index in [9.17, 15) is 9.90 Å². The zero-order valence-corrected chi connectivity index (χ0v) is 14.8. The van der Waals surface area contributed by atoms with Gasteiger partial charge in [0.05, 0.1) is 10.7 Å². The minimum absolute atomic E-state index is 0.0411. The molecule has 1 atom stereocenters. The van der Waals surface area contributed by atoms with Gasteiger partial charge in [0.15, 0.2) is 5.60 Å². The minimum atomic E-state index is -1.28. The summed E-state index contributed by atoms with van der Waals surface area (Å²) in [6.07, 6.45) is 1.37. The van der Waals surface area contributed by atoms with E-state index < -0.39 is 5.60 Å². The molecule has 0 radical (unpaired) electrons. The third kappa shape index (κ3) is 4.51. The Balaban J connectivity index is 1.91. The Morgan fingerprint density at radius 2 is 2.23 bits per heavy atom. The van der Waals surface area contributed by atoms with Crippen LogP contribution in [-0.2, 0) is 11.3 Å². The SMILES string of the molecule is Cc1nc(CNCC2(O)CCCN(CC(C)(C)C)C2=O)cs1. The van der Waals surface area contributed by atoms with E-state index >= 15 is 0 Å². The van der Waals surface area contributed by atoms with Crippen LogP contribution in [0.2, 0.25) is 0 Å². The smallest absolute Gasteiger partial charge is 0.255 e. The summed E-state index contributed by atoms with van der Waals surface area (Å²) in [5.41, 5.74) is -0.283. The highest BCUT2D eigenvalue weighted by Gasteiger charge is 2.42. The number of nitrogens with zero attached hydrogens (tertiary/aromatic N) is 2. The van der Waals surface area contributed by atoms with Gasteiger partial charge in [0.2, 0.25) is 0 Å². The maximum absolute atomic E-state index is 12.6. The van der Waals surface area contributed by atoms with Crippen LogP contribution in [0.1, 0.15) is 44.3 Å². The second-order valence-electron chi connectivity index (χ2n) is 7.38. The third-order valence-electron chi connectivity index (χ3n) is 3.76. The summed E-state index contributed by atoms with van der Waals surface area (Å²) in [7, 11) is 0. The summed E-state index contributed by atoms with van der Waals surface area (Å²) in [6.45, 7) is 10.6. The predicted octanol–water partition coefficient (Wildman–Crippen LogP) is 1.94. The second-order valence-corrected chi connectivity index (χ2v) is 8.45. The molecule has 1 amide bonds. The van der Waals surface area contributed by atoms with Crippen LogP contribution in [-0.4, -0.2) is 46.1 Å². The monoisotopic (exact) mass is 325 g/mol. The van der Waals surface area contributed by atoms with Crippen molar-refractivity contribution >= 4 is 17.2 Å². The van der Waals surface area contributed by atoms with E-state index in [0.29, 0.717) is 19.5 Å². The molecule has 1 aromatic heterocycles. The molecule has 1 aliphatic heterocycles. The summed E-state index contributed by atoms with van der Waals surface area (Å²) in [5, 5.41) is 16.9. The molecular weight excluding hydrogens is 298 g/mol. The molecule has 1 fully saturated rings. The Labute approximate surface area is 136 Å². The molecule has 2 N–H and O–H groups in total. The molecule has 0 bridgehead atoms. The maximum atomic E-state index is 12.6. The fourth-order valence-electron chi connectivity index (χ4n) is 2.84. The lowest BCUT2D eigenvalue weighted by atomic mass is 9.88. The molecule has 0 saturated carbocycles. The van der Waals surface area contributed by atoms with E-state index in [4.69, 9.17) is 0 Å². The van der Waals surface area contributed by atoms with Gasteiger partial charge in [-0.25, -0.2) is 4.98 Å². The van der Waals surface area contributed by atoms with Crippen LogP contribution < -0.4 is 5.32 Å². The normalized spacial score (nSPS) is 23.1. The molecule has 0 aliphatic carbocycles. The lowest BCUT2D eigenvalue weighted by molar-refractivity contribution is -0.158. The van der Waals surface area contributed by atoms with Crippen LogP contribution in [0.3, 0.4) is 0 Å². The highest BCUT2D eigenvalue weighted by Crippen LogP contribution is 2.26. The van der Waals surface area contributed by atoms with E-state index in [1.807, 2.05) is 12.3 Å². The first-order chi connectivity index (χ1) is 10.2. The van der Waals surface area contributed by atoms with E-state index in [-0.39, 0.29) is 17.9 Å². The van der Waals surface area contributed by atoms with Crippen LogP contribution in [0.4, 0.5) is 0 Å². The average Bonchev–Trinajstić information content (AvgIpc) is 2.80. The zero-order valence-electron chi connectivity index (χ0n) is 14.0. The second kappa shape index (κ2) is 6.64. The molecule has 6 heteroatoms. The summed E-state index contributed by atoms with van der Waals surface area (Å²) in [5.74, 6) is -0.143. The number of likely N-dealkylation sites (tertiary alicyclic amines) is 1. The summed E-state index contributed by atoms with van der Waals surface area (Å²) < 4.78 is 0.